The lowest BCUT2D eigenvalue weighted by Crippen LogP contribution is -2.21. The van der Waals surface area contributed by atoms with Crippen molar-refractivity contribution < 1.29 is 33.6 Å². The van der Waals surface area contributed by atoms with E-state index in [1.165, 1.54) is 32.4 Å². The molecule has 0 fully saturated rings. The van der Waals surface area contributed by atoms with E-state index in [1.807, 2.05) is 0 Å². The molecule has 0 aliphatic carbocycles. The Bertz CT molecular complexity index is 975. The number of benzene rings is 2. The fourth-order valence-electron chi connectivity index (χ4n) is 2.29. The minimum atomic E-state index is -1.13. The van der Waals surface area contributed by atoms with Gasteiger partial charge in [0, 0.05) is 23.9 Å². The van der Waals surface area contributed by atoms with Crippen molar-refractivity contribution in [2.75, 3.05) is 26.1 Å². The van der Waals surface area contributed by atoms with Crippen molar-refractivity contribution in [2.45, 2.75) is 0 Å². The predicted octanol–water partition coefficient (Wildman–Crippen LogP) is 2.32. The van der Waals surface area contributed by atoms with Gasteiger partial charge in [-0.2, -0.15) is 0 Å². The number of carbonyl (C=O) groups is 2. The SMILES string of the molecule is COc1cc(C(=O)OCC(=O)Nc2cccc([N+](=O)[O-])c2)c([N+](=O)[O-])cc1OC. The van der Waals surface area contributed by atoms with Gasteiger partial charge in [0.1, 0.15) is 5.56 Å². The van der Waals surface area contributed by atoms with Crippen molar-refractivity contribution in [3.05, 3.63) is 62.2 Å². The molecular formula is C17H15N3O9. The lowest BCUT2D eigenvalue weighted by Gasteiger charge is -2.10. The fraction of sp³-hybridized carbons (Fsp3) is 0.176. The highest BCUT2D eigenvalue weighted by Gasteiger charge is 2.26. The first kappa shape index (κ1) is 21.1. The number of hydrogen-bond donors (Lipinski definition) is 1. The Labute approximate surface area is 163 Å². The van der Waals surface area contributed by atoms with E-state index < -0.39 is 39.6 Å². The van der Waals surface area contributed by atoms with Gasteiger partial charge in [0.25, 0.3) is 17.3 Å². The molecule has 0 aliphatic heterocycles. The number of esters is 1. The van der Waals surface area contributed by atoms with E-state index in [0.717, 1.165) is 18.2 Å². The molecule has 152 valence electrons. The van der Waals surface area contributed by atoms with Crippen molar-refractivity contribution in [1.82, 2.24) is 0 Å². The number of hydrogen-bond acceptors (Lipinski definition) is 9. The van der Waals surface area contributed by atoms with Crippen molar-refractivity contribution in [3.8, 4) is 11.5 Å². The second kappa shape index (κ2) is 9.12. The summed E-state index contributed by atoms with van der Waals surface area (Å²) in [5.41, 5.74) is -1.14. The Balaban J connectivity index is 2.12. The van der Waals surface area contributed by atoms with E-state index in [0.29, 0.717) is 0 Å². The number of anilines is 1. The number of nitro benzene ring substituents is 2. The Morgan fingerprint density at radius 3 is 2.24 bits per heavy atom. The molecule has 0 spiro atoms. The molecule has 0 heterocycles. The van der Waals surface area contributed by atoms with Gasteiger partial charge in [0.05, 0.1) is 30.1 Å². The molecule has 2 aromatic rings. The lowest BCUT2D eigenvalue weighted by atomic mass is 10.1. The van der Waals surface area contributed by atoms with E-state index in [4.69, 9.17) is 14.2 Å². The van der Waals surface area contributed by atoms with E-state index in [-0.39, 0.29) is 22.9 Å². The monoisotopic (exact) mass is 405 g/mol. The van der Waals surface area contributed by atoms with Gasteiger partial charge in [0.15, 0.2) is 18.1 Å². The highest BCUT2D eigenvalue weighted by Crippen LogP contribution is 2.34. The molecule has 12 nitrogen and oxygen atoms in total. The maximum Gasteiger partial charge on any atom is 0.345 e. The highest BCUT2D eigenvalue weighted by atomic mass is 16.6. The maximum atomic E-state index is 12.2. The number of nitrogens with one attached hydrogen (secondary N) is 1. The molecule has 0 radical (unpaired) electrons. The quantitative estimate of drug-likeness (QED) is 0.395. The van der Waals surface area contributed by atoms with Gasteiger partial charge in [-0.1, -0.05) is 6.07 Å². The third kappa shape index (κ3) is 5.15. The molecule has 0 aliphatic rings. The van der Waals surface area contributed by atoms with Crippen LogP contribution in [-0.4, -0.2) is 42.5 Å². The number of non-ortho nitro benzene ring substituents is 1. The Morgan fingerprint density at radius 2 is 1.66 bits per heavy atom. The summed E-state index contributed by atoms with van der Waals surface area (Å²) < 4.78 is 14.8. The fourth-order valence-corrected chi connectivity index (χ4v) is 2.29. The largest absolute Gasteiger partial charge is 0.493 e. The molecule has 0 saturated carbocycles. The molecule has 0 saturated heterocycles. The minimum Gasteiger partial charge on any atom is -0.493 e. The van der Waals surface area contributed by atoms with Crippen LogP contribution in [0.5, 0.6) is 11.5 Å². The molecule has 2 rings (SSSR count). The van der Waals surface area contributed by atoms with Crippen LogP contribution in [0.3, 0.4) is 0 Å². The third-order valence-corrected chi connectivity index (χ3v) is 3.59. The average Bonchev–Trinajstić information content (AvgIpc) is 2.70. The van der Waals surface area contributed by atoms with Gasteiger partial charge in [-0.05, 0) is 6.07 Å². The number of amides is 1. The molecule has 0 aromatic heterocycles. The first-order valence-electron chi connectivity index (χ1n) is 7.88. The predicted molar refractivity (Wildman–Crippen MR) is 98.2 cm³/mol. The molecular weight excluding hydrogens is 390 g/mol. The van der Waals surface area contributed by atoms with Gasteiger partial charge in [-0.3, -0.25) is 25.0 Å². The zero-order valence-corrected chi connectivity index (χ0v) is 15.2. The first-order chi connectivity index (χ1) is 13.8. The number of carbonyl (C=O) groups excluding carboxylic acids is 2. The Hall–Kier alpha value is -4.22. The van der Waals surface area contributed by atoms with Crippen LogP contribution in [0.1, 0.15) is 10.4 Å². The molecule has 0 unspecified atom stereocenters. The summed E-state index contributed by atoms with van der Waals surface area (Å²) in [5.74, 6) is -1.82. The van der Waals surface area contributed by atoms with Crippen LogP contribution < -0.4 is 14.8 Å². The third-order valence-electron chi connectivity index (χ3n) is 3.59. The number of nitro groups is 2. The van der Waals surface area contributed by atoms with Crippen LogP contribution in [0.4, 0.5) is 17.1 Å². The lowest BCUT2D eigenvalue weighted by molar-refractivity contribution is -0.385. The molecule has 0 bridgehead atoms. The molecule has 12 heteroatoms. The van der Waals surface area contributed by atoms with Gasteiger partial charge in [-0.15, -0.1) is 0 Å². The Morgan fingerprint density at radius 1 is 1.00 bits per heavy atom. The topological polar surface area (TPSA) is 160 Å². The maximum absolute atomic E-state index is 12.2. The van der Waals surface area contributed by atoms with Crippen molar-refractivity contribution in [2.24, 2.45) is 0 Å². The normalized spacial score (nSPS) is 10.0. The summed E-state index contributed by atoms with van der Waals surface area (Å²) in [4.78, 5) is 44.7. The van der Waals surface area contributed by atoms with Crippen molar-refractivity contribution >= 4 is 28.9 Å². The van der Waals surface area contributed by atoms with Gasteiger partial charge >= 0.3 is 5.97 Å². The molecule has 1 amide bonds. The number of nitrogens with zero attached hydrogens (tertiary/aromatic N) is 2. The van der Waals surface area contributed by atoms with Crippen molar-refractivity contribution in [1.29, 1.82) is 0 Å². The summed E-state index contributed by atoms with van der Waals surface area (Å²) >= 11 is 0. The minimum absolute atomic E-state index is 0.0409. The van der Waals surface area contributed by atoms with Gasteiger partial charge < -0.3 is 19.5 Å². The van der Waals surface area contributed by atoms with Crippen LogP contribution in [0.15, 0.2) is 36.4 Å². The van der Waals surface area contributed by atoms with E-state index in [9.17, 15) is 29.8 Å². The number of rotatable bonds is 8. The summed E-state index contributed by atoms with van der Waals surface area (Å²) in [6.07, 6.45) is 0. The van der Waals surface area contributed by atoms with Crippen LogP contribution in [0.2, 0.25) is 0 Å². The molecule has 29 heavy (non-hydrogen) atoms. The second-order valence-electron chi connectivity index (χ2n) is 5.41. The number of ether oxygens (including phenoxy) is 3. The standard InChI is InChI=1S/C17H15N3O9/c1-27-14-7-12(13(20(25)26)8-15(14)28-2)17(22)29-9-16(21)18-10-4-3-5-11(6-10)19(23)24/h3-8H,9H2,1-2H3,(H,18,21). The van der Waals surface area contributed by atoms with Crippen LogP contribution in [0.25, 0.3) is 0 Å². The zero-order chi connectivity index (χ0) is 21.6. The van der Waals surface area contributed by atoms with Crippen LogP contribution >= 0.6 is 0 Å². The van der Waals surface area contributed by atoms with Crippen molar-refractivity contribution in [3.63, 3.8) is 0 Å². The van der Waals surface area contributed by atoms with E-state index >= 15 is 0 Å². The average molecular weight is 405 g/mol. The van der Waals surface area contributed by atoms with Gasteiger partial charge in [-0.25, -0.2) is 4.79 Å². The van der Waals surface area contributed by atoms with Gasteiger partial charge in [0.2, 0.25) is 0 Å². The molecule has 2 aromatic carbocycles. The summed E-state index contributed by atoms with van der Waals surface area (Å²) in [6.45, 7) is -0.771. The highest BCUT2D eigenvalue weighted by molar-refractivity contribution is 5.98. The summed E-state index contributed by atoms with van der Waals surface area (Å²) in [5, 5.41) is 24.3. The van der Waals surface area contributed by atoms with Crippen LogP contribution in [0, 0.1) is 20.2 Å². The summed E-state index contributed by atoms with van der Waals surface area (Å²) in [7, 11) is 2.56. The van der Waals surface area contributed by atoms with E-state index in [2.05, 4.69) is 5.32 Å². The number of methoxy groups -OCH3 is 2. The van der Waals surface area contributed by atoms with Crippen LogP contribution in [-0.2, 0) is 9.53 Å². The zero-order valence-electron chi connectivity index (χ0n) is 15.2. The molecule has 0 atom stereocenters. The summed E-state index contributed by atoms with van der Waals surface area (Å²) in [6, 6.07) is 7.21. The first-order valence-corrected chi connectivity index (χ1v) is 7.88. The smallest absolute Gasteiger partial charge is 0.345 e. The van der Waals surface area contributed by atoms with E-state index in [1.54, 1.807) is 0 Å². The second-order valence-corrected chi connectivity index (χ2v) is 5.41. The Kier molecular flexibility index (Phi) is 6.63. The molecule has 1 N–H and O–H groups in total.